The third-order valence-electron chi connectivity index (χ3n) is 1.98. The lowest BCUT2D eigenvalue weighted by molar-refractivity contribution is 1.21. The van der Waals surface area contributed by atoms with Crippen LogP contribution in [0.25, 0.3) is 5.70 Å². The molecule has 0 radical (unpaired) electrons. The lowest BCUT2D eigenvalue weighted by Gasteiger charge is -2.02. The molecule has 0 saturated carbocycles. The summed E-state index contributed by atoms with van der Waals surface area (Å²) in [6.07, 6.45) is 5.00. The molecule has 74 valence electrons. The highest BCUT2D eigenvalue weighted by Gasteiger charge is 1.97. The van der Waals surface area contributed by atoms with E-state index in [4.69, 9.17) is 0 Å². The van der Waals surface area contributed by atoms with Gasteiger partial charge in [-0.15, -0.1) is 0 Å². The van der Waals surface area contributed by atoms with Crippen molar-refractivity contribution < 1.29 is 0 Å². The number of hydrogen-bond acceptors (Lipinski definition) is 1. The summed E-state index contributed by atoms with van der Waals surface area (Å²) in [6.45, 7) is 6.17. The highest BCUT2D eigenvalue weighted by atomic mass is 14.7. The third-order valence-corrected chi connectivity index (χ3v) is 1.98. The fraction of sp³-hybridized carbons (Fsp3) is 0.308. The molecule has 0 bridgehead atoms. The summed E-state index contributed by atoms with van der Waals surface area (Å²) >= 11 is 0. The number of aliphatic imine (C=N–C) groups is 1. The first-order valence-electron chi connectivity index (χ1n) is 5.03. The van der Waals surface area contributed by atoms with Crippen LogP contribution >= 0.6 is 0 Å². The Morgan fingerprint density at radius 1 is 1.43 bits per heavy atom. The molecule has 0 aliphatic carbocycles. The molecule has 0 aliphatic heterocycles. The van der Waals surface area contributed by atoms with Gasteiger partial charge in [0.2, 0.25) is 0 Å². The van der Waals surface area contributed by atoms with E-state index in [0.717, 1.165) is 12.1 Å². The molecule has 1 nitrogen and oxygen atoms in total. The minimum atomic E-state index is 1.01. The van der Waals surface area contributed by atoms with Gasteiger partial charge in [0.1, 0.15) is 0 Å². The van der Waals surface area contributed by atoms with Gasteiger partial charge in [-0.2, -0.15) is 0 Å². The molecule has 0 saturated heterocycles. The first kappa shape index (κ1) is 10.7. The Morgan fingerprint density at radius 3 is 2.79 bits per heavy atom. The fourth-order valence-electron chi connectivity index (χ4n) is 1.38. The van der Waals surface area contributed by atoms with Gasteiger partial charge < -0.3 is 0 Å². The molecular formula is C13H17N. The van der Waals surface area contributed by atoms with Crippen LogP contribution < -0.4 is 0 Å². The van der Waals surface area contributed by atoms with Crippen LogP contribution in [0.2, 0.25) is 0 Å². The maximum absolute atomic E-state index is 4.36. The van der Waals surface area contributed by atoms with Gasteiger partial charge in [-0.05, 0) is 26.3 Å². The largest absolute Gasteiger partial charge is 0.261 e. The molecule has 14 heavy (non-hydrogen) atoms. The molecule has 0 aromatic heterocycles. The molecule has 1 rings (SSSR count). The van der Waals surface area contributed by atoms with Gasteiger partial charge in [0, 0.05) is 11.8 Å². The molecule has 0 N–H and O–H groups in total. The average Bonchev–Trinajstić information content (AvgIpc) is 2.17. The molecule has 0 unspecified atom stereocenters. The first-order chi connectivity index (χ1) is 6.77. The van der Waals surface area contributed by atoms with Crippen LogP contribution in [0.3, 0.4) is 0 Å². The van der Waals surface area contributed by atoms with E-state index < -0.39 is 0 Å². The van der Waals surface area contributed by atoms with Crippen molar-refractivity contribution >= 4 is 11.9 Å². The molecule has 0 spiro atoms. The lowest BCUT2D eigenvalue weighted by Crippen LogP contribution is -1.83. The summed E-state index contributed by atoms with van der Waals surface area (Å²) in [6, 6.07) is 8.43. The standard InChI is InChI=1S/C13H17N/c1-4-7-13(14-5-2)12-9-6-8-11(3)10-12/h5-10H,4H2,1-3H3/b13-7-,14-5?. The van der Waals surface area contributed by atoms with Crippen molar-refractivity contribution in [3.05, 3.63) is 41.5 Å². The number of benzene rings is 1. The Morgan fingerprint density at radius 2 is 2.21 bits per heavy atom. The second-order valence-corrected chi connectivity index (χ2v) is 3.25. The first-order valence-corrected chi connectivity index (χ1v) is 5.03. The number of aryl methyl sites for hydroxylation is 1. The molecule has 0 aliphatic rings. The van der Waals surface area contributed by atoms with Gasteiger partial charge >= 0.3 is 0 Å². The van der Waals surface area contributed by atoms with Gasteiger partial charge in [-0.3, -0.25) is 4.99 Å². The van der Waals surface area contributed by atoms with Crippen LogP contribution in [0.15, 0.2) is 35.3 Å². The van der Waals surface area contributed by atoms with E-state index in [1.807, 2.05) is 13.1 Å². The molecule has 1 aromatic carbocycles. The average molecular weight is 187 g/mol. The summed E-state index contributed by atoms with van der Waals surface area (Å²) in [7, 11) is 0. The summed E-state index contributed by atoms with van der Waals surface area (Å²) in [5, 5.41) is 0. The Hall–Kier alpha value is -1.37. The Kier molecular flexibility index (Phi) is 4.11. The van der Waals surface area contributed by atoms with E-state index in [1.54, 1.807) is 0 Å². The highest BCUT2D eigenvalue weighted by molar-refractivity contribution is 5.72. The molecule has 0 fully saturated rings. The van der Waals surface area contributed by atoms with Crippen LogP contribution in [0.1, 0.15) is 31.4 Å². The maximum atomic E-state index is 4.36. The molecular weight excluding hydrogens is 170 g/mol. The van der Waals surface area contributed by atoms with Gasteiger partial charge in [0.05, 0.1) is 5.70 Å². The van der Waals surface area contributed by atoms with Crippen molar-refractivity contribution in [3.63, 3.8) is 0 Å². The van der Waals surface area contributed by atoms with E-state index in [1.165, 1.54) is 11.1 Å². The lowest BCUT2D eigenvalue weighted by atomic mass is 10.1. The predicted molar refractivity (Wildman–Crippen MR) is 63.6 cm³/mol. The van der Waals surface area contributed by atoms with Crippen molar-refractivity contribution in [3.8, 4) is 0 Å². The summed E-state index contributed by atoms with van der Waals surface area (Å²) < 4.78 is 0. The van der Waals surface area contributed by atoms with Crippen LogP contribution in [-0.2, 0) is 0 Å². The number of allylic oxidation sites excluding steroid dienone is 1. The second kappa shape index (κ2) is 5.38. The highest BCUT2D eigenvalue weighted by Crippen LogP contribution is 2.17. The van der Waals surface area contributed by atoms with Crippen LogP contribution in [0.5, 0.6) is 0 Å². The van der Waals surface area contributed by atoms with Crippen molar-refractivity contribution in [2.75, 3.05) is 0 Å². The van der Waals surface area contributed by atoms with E-state index in [0.29, 0.717) is 0 Å². The molecule has 0 amide bonds. The van der Waals surface area contributed by atoms with E-state index >= 15 is 0 Å². The summed E-state index contributed by atoms with van der Waals surface area (Å²) in [4.78, 5) is 4.36. The zero-order valence-corrected chi connectivity index (χ0v) is 9.12. The molecule has 1 aromatic rings. The SMILES string of the molecule is CC=N/C(=C\CC)c1cccc(C)c1. The Labute approximate surface area is 86.2 Å². The number of nitrogens with zero attached hydrogens (tertiary/aromatic N) is 1. The maximum Gasteiger partial charge on any atom is 0.0658 e. The van der Waals surface area contributed by atoms with Crippen LogP contribution in [0.4, 0.5) is 0 Å². The Bertz CT molecular complexity index is 348. The fourth-order valence-corrected chi connectivity index (χ4v) is 1.38. The zero-order chi connectivity index (χ0) is 10.4. The normalized spacial score (nSPS) is 12.4. The monoisotopic (exact) mass is 187 g/mol. The van der Waals surface area contributed by atoms with E-state index in [-0.39, 0.29) is 0 Å². The van der Waals surface area contributed by atoms with Gasteiger partial charge in [0.15, 0.2) is 0 Å². The number of hydrogen-bond donors (Lipinski definition) is 0. The van der Waals surface area contributed by atoms with Crippen molar-refractivity contribution in [1.29, 1.82) is 0 Å². The Balaban J connectivity index is 3.05. The molecule has 0 heterocycles. The quantitative estimate of drug-likeness (QED) is 0.637. The van der Waals surface area contributed by atoms with Crippen LogP contribution in [0, 0.1) is 6.92 Å². The molecule has 1 heteroatoms. The van der Waals surface area contributed by atoms with Crippen molar-refractivity contribution in [1.82, 2.24) is 0 Å². The summed E-state index contributed by atoms with van der Waals surface area (Å²) in [5.41, 5.74) is 3.54. The minimum Gasteiger partial charge on any atom is -0.261 e. The molecule has 0 atom stereocenters. The van der Waals surface area contributed by atoms with Crippen LogP contribution in [-0.4, -0.2) is 6.21 Å². The zero-order valence-electron chi connectivity index (χ0n) is 9.12. The smallest absolute Gasteiger partial charge is 0.0658 e. The number of rotatable bonds is 3. The minimum absolute atomic E-state index is 1.01. The second-order valence-electron chi connectivity index (χ2n) is 3.25. The predicted octanol–water partition coefficient (Wildman–Crippen LogP) is 3.84. The van der Waals surface area contributed by atoms with E-state index in [9.17, 15) is 0 Å². The van der Waals surface area contributed by atoms with Gasteiger partial charge in [-0.25, -0.2) is 0 Å². The topological polar surface area (TPSA) is 12.4 Å². The third kappa shape index (κ3) is 2.84. The van der Waals surface area contributed by atoms with E-state index in [2.05, 4.69) is 49.2 Å². The van der Waals surface area contributed by atoms with Gasteiger partial charge in [-0.1, -0.05) is 36.8 Å². The van der Waals surface area contributed by atoms with Gasteiger partial charge in [0.25, 0.3) is 0 Å². The van der Waals surface area contributed by atoms with Crippen molar-refractivity contribution in [2.45, 2.75) is 27.2 Å². The van der Waals surface area contributed by atoms with Crippen molar-refractivity contribution in [2.24, 2.45) is 4.99 Å². The summed E-state index contributed by atoms with van der Waals surface area (Å²) in [5.74, 6) is 0.